The lowest BCUT2D eigenvalue weighted by atomic mass is 10.2. The quantitative estimate of drug-likeness (QED) is 0.866. The number of halogens is 4. The van der Waals surface area contributed by atoms with Crippen LogP contribution in [0.4, 0.5) is 13.2 Å². The molecular weight excluding hydrogens is 365 g/mol. The first-order valence-corrected chi connectivity index (χ1v) is 7.24. The van der Waals surface area contributed by atoms with Crippen LogP contribution in [0.3, 0.4) is 0 Å². The van der Waals surface area contributed by atoms with Crippen LogP contribution in [-0.4, -0.2) is 50.2 Å². The number of amides is 1. The molecule has 0 saturated carbocycles. The van der Waals surface area contributed by atoms with Crippen molar-refractivity contribution < 1.29 is 27.9 Å². The molecule has 25 heavy (non-hydrogen) atoms. The minimum Gasteiger partial charge on any atom is -0.481 e. The van der Waals surface area contributed by atoms with Crippen molar-refractivity contribution in [3.05, 3.63) is 40.8 Å². The summed E-state index contributed by atoms with van der Waals surface area (Å²) < 4.78 is 40.9. The predicted octanol–water partition coefficient (Wildman–Crippen LogP) is 2.49. The molecule has 2 rings (SSSR count). The summed E-state index contributed by atoms with van der Waals surface area (Å²) in [7, 11) is 1.20. The molecule has 134 valence electrons. The number of hydrogen-bond acceptors (Lipinski definition) is 4. The van der Waals surface area contributed by atoms with Gasteiger partial charge in [0, 0.05) is 19.8 Å². The van der Waals surface area contributed by atoms with Gasteiger partial charge in [-0.2, -0.15) is 18.3 Å². The van der Waals surface area contributed by atoms with Crippen LogP contribution in [0.5, 0.6) is 0 Å². The molecule has 11 heteroatoms. The lowest BCUT2D eigenvalue weighted by Gasteiger charge is -2.17. The van der Waals surface area contributed by atoms with Gasteiger partial charge in [0.25, 0.3) is 5.91 Å². The number of aromatic nitrogens is 3. The molecular formula is C14H12ClF3N4O3. The normalized spacial score (nSPS) is 11.4. The summed E-state index contributed by atoms with van der Waals surface area (Å²) in [5.41, 5.74) is -2.05. The molecule has 0 aliphatic rings. The minimum absolute atomic E-state index is 0.0747. The van der Waals surface area contributed by atoms with Crippen LogP contribution in [0.1, 0.15) is 22.5 Å². The van der Waals surface area contributed by atoms with E-state index in [0.717, 1.165) is 11.1 Å². The Labute approximate surface area is 144 Å². The first-order chi connectivity index (χ1) is 11.6. The highest BCUT2D eigenvalue weighted by atomic mass is 35.5. The van der Waals surface area contributed by atoms with Gasteiger partial charge in [-0.25, -0.2) is 9.67 Å². The van der Waals surface area contributed by atoms with E-state index in [4.69, 9.17) is 16.7 Å². The van der Waals surface area contributed by atoms with Crippen molar-refractivity contribution in [3.8, 4) is 5.82 Å². The molecule has 2 aromatic rings. The van der Waals surface area contributed by atoms with Crippen LogP contribution in [0.2, 0.25) is 5.02 Å². The van der Waals surface area contributed by atoms with E-state index in [2.05, 4.69) is 10.1 Å². The SMILES string of the molecule is CN(CCC(=O)O)C(=O)c1cnn(-c2ncccc2Cl)c1C(F)(F)F. The van der Waals surface area contributed by atoms with Crippen molar-refractivity contribution >= 4 is 23.5 Å². The molecule has 0 bridgehead atoms. The average Bonchev–Trinajstić information content (AvgIpc) is 2.97. The number of pyridine rings is 1. The van der Waals surface area contributed by atoms with E-state index in [9.17, 15) is 22.8 Å². The molecule has 0 aliphatic heterocycles. The molecule has 0 radical (unpaired) electrons. The Balaban J connectivity index is 2.49. The molecule has 0 atom stereocenters. The van der Waals surface area contributed by atoms with E-state index in [1.54, 1.807) is 0 Å². The van der Waals surface area contributed by atoms with Gasteiger partial charge in [0.1, 0.15) is 0 Å². The van der Waals surface area contributed by atoms with Crippen molar-refractivity contribution in [1.82, 2.24) is 19.7 Å². The lowest BCUT2D eigenvalue weighted by Crippen LogP contribution is -2.31. The molecule has 0 unspecified atom stereocenters. The monoisotopic (exact) mass is 376 g/mol. The number of alkyl halides is 3. The van der Waals surface area contributed by atoms with E-state index in [-0.39, 0.29) is 17.4 Å². The van der Waals surface area contributed by atoms with E-state index in [1.807, 2.05) is 0 Å². The number of rotatable bonds is 5. The van der Waals surface area contributed by atoms with Gasteiger partial charge in [-0.3, -0.25) is 9.59 Å². The summed E-state index contributed by atoms with van der Waals surface area (Å²) in [6.07, 6.45) is -3.31. The predicted molar refractivity (Wildman–Crippen MR) is 80.6 cm³/mol. The zero-order chi connectivity index (χ0) is 18.8. The molecule has 0 aliphatic carbocycles. The van der Waals surface area contributed by atoms with Gasteiger partial charge >= 0.3 is 12.1 Å². The van der Waals surface area contributed by atoms with Gasteiger partial charge in [0.2, 0.25) is 0 Å². The Hall–Kier alpha value is -2.62. The highest BCUT2D eigenvalue weighted by Crippen LogP contribution is 2.34. The molecule has 1 amide bonds. The number of nitrogens with zero attached hydrogens (tertiary/aromatic N) is 4. The molecule has 2 aromatic heterocycles. The van der Waals surface area contributed by atoms with Crippen molar-refractivity contribution in [2.45, 2.75) is 12.6 Å². The number of carboxylic acids is 1. The summed E-state index contributed by atoms with van der Waals surface area (Å²) >= 11 is 5.87. The average molecular weight is 377 g/mol. The summed E-state index contributed by atoms with van der Waals surface area (Å²) in [5, 5.41) is 12.1. The van der Waals surface area contributed by atoms with Crippen molar-refractivity contribution in [2.24, 2.45) is 0 Å². The molecule has 0 saturated heterocycles. The molecule has 7 nitrogen and oxygen atoms in total. The van der Waals surface area contributed by atoms with Crippen LogP contribution in [0.15, 0.2) is 24.5 Å². The van der Waals surface area contributed by atoms with E-state index in [0.29, 0.717) is 4.68 Å². The van der Waals surface area contributed by atoms with Crippen LogP contribution < -0.4 is 0 Å². The third kappa shape index (κ3) is 4.08. The number of carbonyl (C=O) groups is 2. The number of hydrogen-bond donors (Lipinski definition) is 1. The summed E-state index contributed by atoms with van der Waals surface area (Å²) in [6.45, 7) is -0.249. The van der Waals surface area contributed by atoms with Gasteiger partial charge in [-0.1, -0.05) is 11.6 Å². The van der Waals surface area contributed by atoms with E-state index < -0.39 is 35.7 Å². The molecule has 2 heterocycles. The summed E-state index contributed by atoms with van der Waals surface area (Å²) in [5.74, 6) is -2.46. The largest absolute Gasteiger partial charge is 0.481 e. The Morgan fingerprint density at radius 3 is 2.64 bits per heavy atom. The van der Waals surface area contributed by atoms with Crippen LogP contribution in [0.25, 0.3) is 5.82 Å². The topological polar surface area (TPSA) is 88.3 Å². The zero-order valence-electron chi connectivity index (χ0n) is 12.8. The van der Waals surface area contributed by atoms with Crippen molar-refractivity contribution in [3.63, 3.8) is 0 Å². The van der Waals surface area contributed by atoms with Gasteiger partial charge in [0.05, 0.1) is 23.2 Å². The minimum atomic E-state index is -4.91. The second kappa shape index (κ2) is 7.09. The number of carbonyl (C=O) groups excluding carboxylic acids is 1. The summed E-state index contributed by atoms with van der Waals surface area (Å²) in [4.78, 5) is 27.5. The van der Waals surface area contributed by atoms with E-state index in [1.165, 1.54) is 25.4 Å². The Bertz CT molecular complexity index is 807. The lowest BCUT2D eigenvalue weighted by molar-refractivity contribution is -0.143. The third-order valence-electron chi connectivity index (χ3n) is 3.22. The first kappa shape index (κ1) is 18.7. The van der Waals surface area contributed by atoms with Crippen LogP contribution in [-0.2, 0) is 11.0 Å². The Kier molecular flexibility index (Phi) is 5.31. The Morgan fingerprint density at radius 1 is 1.40 bits per heavy atom. The highest BCUT2D eigenvalue weighted by Gasteiger charge is 2.41. The maximum atomic E-state index is 13.5. The first-order valence-electron chi connectivity index (χ1n) is 6.86. The standard InChI is InChI=1S/C14H12ClF3N4O3/c1-21(6-4-10(23)24)13(25)8-7-20-22(11(8)14(16,17)18)12-9(15)3-2-5-19-12/h2-3,5,7H,4,6H2,1H3,(H,23,24). The van der Waals surface area contributed by atoms with Crippen LogP contribution >= 0.6 is 11.6 Å². The van der Waals surface area contributed by atoms with Gasteiger partial charge in [-0.05, 0) is 12.1 Å². The maximum absolute atomic E-state index is 13.5. The summed E-state index contributed by atoms with van der Waals surface area (Å²) in [6, 6.07) is 2.78. The van der Waals surface area contributed by atoms with Crippen LogP contribution in [0, 0.1) is 0 Å². The fourth-order valence-electron chi connectivity index (χ4n) is 2.04. The second-order valence-electron chi connectivity index (χ2n) is 5.00. The van der Waals surface area contributed by atoms with Gasteiger partial charge in [-0.15, -0.1) is 0 Å². The van der Waals surface area contributed by atoms with Gasteiger partial charge < -0.3 is 10.0 Å². The number of aliphatic carboxylic acids is 1. The Morgan fingerprint density at radius 2 is 2.08 bits per heavy atom. The smallest absolute Gasteiger partial charge is 0.434 e. The highest BCUT2D eigenvalue weighted by molar-refractivity contribution is 6.32. The van der Waals surface area contributed by atoms with Gasteiger partial charge in [0.15, 0.2) is 11.5 Å². The van der Waals surface area contributed by atoms with Crippen molar-refractivity contribution in [1.29, 1.82) is 0 Å². The number of carboxylic acid groups (broad SMARTS) is 1. The molecule has 0 spiro atoms. The van der Waals surface area contributed by atoms with Crippen molar-refractivity contribution in [2.75, 3.05) is 13.6 Å². The third-order valence-corrected chi connectivity index (χ3v) is 3.51. The fraction of sp³-hybridized carbons (Fsp3) is 0.286. The zero-order valence-corrected chi connectivity index (χ0v) is 13.5. The molecule has 0 fully saturated rings. The second-order valence-corrected chi connectivity index (χ2v) is 5.40. The molecule has 0 aromatic carbocycles. The maximum Gasteiger partial charge on any atom is 0.434 e. The molecule has 1 N–H and O–H groups in total. The van der Waals surface area contributed by atoms with E-state index >= 15 is 0 Å². The fourth-order valence-corrected chi connectivity index (χ4v) is 2.24.